The molecule has 1 aliphatic rings. The second kappa shape index (κ2) is 7.03. The van der Waals surface area contributed by atoms with Gasteiger partial charge in [-0.1, -0.05) is 20.8 Å². The van der Waals surface area contributed by atoms with E-state index in [9.17, 15) is 4.79 Å². The highest BCUT2D eigenvalue weighted by atomic mass is 16.5. The number of anilines is 1. The maximum atomic E-state index is 12.1. The van der Waals surface area contributed by atoms with Crippen LogP contribution in [0.5, 0.6) is 5.75 Å². The monoisotopic (exact) mass is 304 g/mol. The van der Waals surface area contributed by atoms with E-state index < -0.39 is 0 Å². The molecule has 22 heavy (non-hydrogen) atoms. The lowest BCUT2D eigenvalue weighted by Crippen LogP contribution is -2.50. The normalized spacial score (nSPS) is 18.9. The molecule has 1 amide bonds. The van der Waals surface area contributed by atoms with Crippen LogP contribution in [0.25, 0.3) is 0 Å². The number of nitrogens with one attached hydrogen (secondary N) is 1. The van der Waals surface area contributed by atoms with Crippen molar-refractivity contribution in [2.24, 2.45) is 5.41 Å². The Morgan fingerprint density at radius 1 is 1.32 bits per heavy atom. The molecule has 1 fully saturated rings. The van der Waals surface area contributed by atoms with E-state index in [4.69, 9.17) is 4.74 Å². The average Bonchev–Trinajstić information content (AvgIpc) is 2.48. The van der Waals surface area contributed by atoms with Crippen molar-refractivity contribution in [3.05, 3.63) is 24.3 Å². The minimum absolute atomic E-state index is 0.131. The maximum Gasteiger partial charge on any atom is 0.225 e. The second-order valence-corrected chi connectivity index (χ2v) is 6.94. The van der Waals surface area contributed by atoms with E-state index in [1.54, 1.807) is 0 Å². The molecular formula is C18H28N2O2. The Bertz CT molecular complexity index is 491. The molecule has 0 aromatic heterocycles. The number of amides is 1. The first-order chi connectivity index (χ1) is 10.4. The molecule has 1 heterocycles. The number of hydrogen-bond donors (Lipinski definition) is 1. The first-order valence-electron chi connectivity index (χ1n) is 8.19. The highest BCUT2D eigenvalue weighted by Gasteiger charge is 2.27. The number of nitrogens with zero attached hydrogens (tertiary/aromatic N) is 1. The van der Waals surface area contributed by atoms with Crippen LogP contribution in [0.4, 0.5) is 5.69 Å². The molecule has 2 rings (SSSR count). The fourth-order valence-corrected chi connectivity index (χ4v) is 2.65. The van der Waals surface area contributed by atoms with Crippen molar-refractivity contribution >= 4 is 11.6 Å². The zero-order chi connectivity index (χ0) is 16.2. The lowest BCUT2D eigenvalue weighted by atomic mass is 9.94. The minimum Gasteiger partial charge on any atom is -0.494 e. The van der Waals surface area contributed by atoms with E-state index in [0.29, 0.717) is 6.61 Å². The number of carbonyl (C=O) groups is 1. The third kappa shape index (κ3) is 4.39. The molecule has 4 nitrogen and oxygen atoms in total. The molecule has 1 unspecified atom stereocenters. The van der Waals surface area contributed by atoms with Gasteiger partial charge in [-0.25, -0.2) is 0 Å². The lowest BCUT2D eigenvalue weighted by Gasteiger charge is -2.36. The number of piperidine rings is 1. The molecule has 1 aliphatic heterocycles. The van der Waals surface area contributed by atoms with Crippen molar-refractivity contribution in [2.45, 2.75) is 46.6 Å². The van der Waals surface area contributed by atoms with E-state index in [1.165, 1.54) is 5.69 Å². The summed E-state index contributed by atoms with van der Waals surface area (Å²) < 4.78 is 5.48. The summed E-state index contributed by atoms with van der Waals surface area (Å²) >= 11 is 0. The smallest absolute Gasteiger partial charge is 0.225 e. The van der Waals surface area contributed by atoms with Gasteiger partial charge in [0.1, 0.15) is 5.75 Å². The maximum absolute atomic E-state index is 12.1. The Morgan fingerprint density at radius 3 is 2.59 bits per heavy atom. The van der Waals surface area contributed by atoms with Crippen LogP contribution in [0, 0.1) is 5.41 Å². The van der Waals surface area contributed by atoms with Crippen LogP contribution in [-0.4, -0.2) is 31.6 Å². The van der Waals surface area contributed by atoms with Gasteiger partial charge in [0.25, 0.3) is 0 Å². The quantitative estimate of drug-likeness (QED) is 0.928. The molecule has 0 aliphatic carbocycles. The molecule has 0 bridgehead atoms. The number of ether oxygens (including phenoxy) is 1. The molecule has 1 aromatic carbocycles. The van der Waals surface area contributed by atoms with Crippen molar-refractivity contribution in [1.29, 1.82) is 0 Å². The SMILES string of the molecule is CCOc1ccc(N2CCCC(NC(=O)C(C)(C)C)C2)cc1. The van der Waals surface area contributed by atoms with Crippen LogP contribution in [0.3, 0.4) is 0 Å². The van der Waals surface area contributed by atoms with Gasteiger partial charge in [0, 0.05) is 30.2 Å². The van der Waals surface area contributed by atoms with E-state index in [-0.39, 0.29) is 17.4 Å². The molecule has 122 valence electrons. The van der Waals surface area contributed by atoms with E-state index >= 15 is 0 Å². The van der Waals surface area contributed by atoms with Gasteiger partial charge >= 0.3 is 0 Å². The minimum atomic E-state index is -0.332. The van der Waals surface area contributed by atoms with Crippen LogP contribution in [-0.2, 0) is 4.79 Å². The number of carbonyl (C=O) groups excluding carboxylic acids is 1. The van der Waals surface area contributed by atoms with Crippen molar-refractivity contribution < 1.29 is 9.53 Å². The predicted molar refractivity (Wildman–Crippen MR) is 90.4 cm³/mol. The molecule has 1 N–H and O–H groups in total. The second-order valence-electron chi connectivity index (χ2n) is 6.94. The first-order valence-corrected chi connectivity index (χ1v) is 8.19. The van der Waals surface area contributed by atoms with Crippen LogP contribution in [0.2, 0.25) is 0 Å². The number of benzene rings is 1. The fraction of sp³-hybridized carbons (Fsp3) is 0.611. The van der Waals surface area contributed by atoms with Gasteiger partial charge < -0.3 is 15.0 Å². The van der Waals surface area contributed by atoms with Gasteiger partial charge in [0.05, 0.1) is 6.61 Å². The highest BCUT2D eigenvalue weighted by Crippen LogP contribution is 2.23. The molecule has 1 saturated heterocycles. The Kier molecular flexibility index (Phi) is 5.33. The first kappa shape index (κ1) is 16.7. The zero-order valence-electron chi connectivity index (χ0n) is 14.2. The predicted octanol–water partition coefficient (Wildman–Crippen LogP) is 3.22. The van der Waals surface area contributed by atoms with Crippen LogP contribution in [0.15, 0.2) is 24.3 Å². The third-order valence-electron chi connectivity index (χ3n) is 3.95. The summed E-state index contributed by atoms with van der Waals surface area (Å²) in [4.78, 5) is 14.5. The molecular weight excluding hydrogens is 276 g/mol. The van der Waals surface area contributed by atoms with Crippen LogP contribution in [0.1, 0.15) is 40.5 Å². The van der Waals surface area contributed by atoms with Gasteiger partial charge in [0.2, 0.25) is 5.91 Å². The lowest BCUT2D eigenvalue weighted by molar-refractivity contribution is -0.129. The van der Waals surface area contributed by atoms with Crippen molar-refractivity contribution in [2.75, 3.05) is 24.6 Å². The Hall–Kier alpha value is -1.71. The molecule has 4 heteroatoms. The topological polar surface area (TPSA) is 41.6 Å². The van der Waals surface area contributed by atoms with Crippen molar-refractivity contribution in [1.82, 2.24) is 5.32 Å². The van der Waals surface area contributed by atoms with Gasteiger partial charge in [-0.15, -0.1) is 0 Å². The summed E-state index contributed by atoms with van der Waals surface area (Å²) in [5.74, 6) is 1.03. The Labute approximate surface area is 133 Å². The van der Waals surface area contributed by atoms with Gasteiger partial charge in [-0.3, -0.25) is 4.79 Å². The van der Waals surface area contributed by atoms with Crippen molar-refractivity contribution in [3.8, 4) is 5.75 Å². The fourth-order valence-electron chi connectivity index (χ4n) is 2.65. The summed E-state index contributed by atoms with van der Waals surface area (Å²) in [6, 6.07) is 8.44. The summed E-state index contributed by atoms with van der Waals surface area (Å²) in [5, 5.41) is 3.18. The molecule has 0 spiro atoms. The summed E-state index contributed by atoms with van der Waals surface area (Å²) in [6.45, 7) is 10.4. The molecule has 0 radical (unpaired) electrons. The van der Waals surface area contributed by atoms with Crippen LogP contribution >= 0.6 is 0 Å². The molecule has 1 atom stereocenters. The van der Waals surface area contributed by atoms with E-state index in [0.717, 1.165) is 31.7 Å². The summed E-state index contributed by atoms with van der Waals surface area (Å²) in [6.07, 6.45) is 2.15. The zero-order valence-corrected chi connectivity index (χ0v) is 14.2. The van der Waals surface area contributed by atoms with Crippen molar-refractivity contribution in [3.63, 3.8) is 0 Å². The highest BCUT2D eigenvalue weighted by molar-refractivity contribution is 5.81. The largest absolute Gasteiger partial charge is 0.494 e. The Balaban J connectivity index is 1.96. The van der Waals surface area contributed by atoms with Crippen LogP contribution < -0.4 is 15.0 Å². The third-order valence-corrected chi connectivity index (χ3v) is 3.95. The van der Waals surface area contributed by atoms with Gasteiger partial charge in [-0.05, 0) is 44.0 Å². The molecule has 1 aromatic rings. The number of hydrogen-bond acceptors (Lipinski definition) is 3. The molecule has 0 saturated carbocycles. The number of rotatable bonds is 4. The van der Waals surface area contributed by atoms with E-state index in [2.05, 4.69) is 22.3 Å². The summed E-state index contributed by atoms with van der Waals surface area (Å²) in [5.41, 5.74) is 0.861. The standard InChI is InChI=1S/C18H28N2O2/c1-5-22-16-10-8-15(9-11-16)20-12-6-7-14(13-20)19-17(21)18(2,3)4/h8-11,14H,5-7,12-13H2,1-4H3,(H,19,21). The van der Waals surface area contributed by atoms with E-state index in [1.807, 2.05) is 39.8 Å². The average molecular weight is 304 g/mol. The van der Waals surface area contributed by atoms with Gasteiger partial charge in [0.15, 0.2) is 0 Å². The van der Waals surface area contributed by atoms with Gasteiger partial charge in [-0.2, -0.15) is 0 Å². The summed E-state index contributed by atoms with van der Waals surface area (Å²) in [7, 11) is 0. The Morgan fingerprint density at radius 2 is 2.00 bits per heavy atom.